The van der Waals surface area contributed by atoms with Gasteiger partial charge < -0.3 is 9.47 Å². The Morgan fingerprint density at radius 1 is 0.607 bits per heavy atom. The number of ether oxygens (including phenoxy) is 2. The van der Waals surface area contributed by atoms with Gasteiger partial charge in [-0.05, 0) is 37.5 Å². The Balaban J connectivity index is 5.30. The van der Waals surface area contributed by atoms with Crippen LogP contribution in [0.1, 0.15) is 106 Å². The molecular formula is C24H44O4. The molecule has 0 fully saturated rings. The standard InChI is InChI=1S/C24H44O4/c1-7-9-11-12-13-14-16-22(24(26)28-18-20(5)6)21(15-10-8-2)23(25)27-17-19(3)4/h19-20H,7-18H2,1-6H3/b22-21-. The number of unbranched alkanes of at least 4 members (excludes halogenated alkanes) is 6. The fourth-order valence-corrected chi connectivity index (χ4v) is 2.85. The van der Waals surface area contributed by atoms with Gasteiger partial charge in [0.2, 0.25) is 0 Å². The summed E-state index contributed by atoms with van der Waals surface area (Å²) in [5.41, 5.74) is 1.07. The van der Waals surface area contributed by atoms with Crippen LogP contribution in [0.3, 0.4) is 0 Å². The van der Waals surface area contributed by atoms with Gasteiger partial charge in [-0.2, -0.15) is 0 Å². The molecule has 0 unspecified atom stereocenters. The van der Waals surface area contributed by atoms with Crippen LogP contribution in [0.2, 0.25) is 0 Å². The van der Waals surface area contributed by atoms with Crippen molar-refractivity contribution in [3.05, 3.63) is 11.1 Å². The average Bonchev–Trinajstić information content (AvgIpc) is 2.65. The molecule has 0 aromatic rings. The van der Waals surface area contributed by atoms with E-state index in [1.54, 1.807) is 0 Å². The first-order chi connectivity index (χ1) is 13.3. The van der Waals surface area contributed by atoms with E-state index in [2.05, 4.69) is 13.8 Å². The SMILES string of the molecule is CCCCCCCC/C(C(=O)OCC(C)C)=C(\CCCC)C(=O)OCC(C)C. The molecule has 0 saturated carbocycles. The summed E-state index contributed by atoms with van der Waals surface area (Å²) in [6, 6.07) is 0. The maximum absolute atomic E-state index is 12.8. The van der Waals surface area contributed by atoms with Crippen molar-refractivity contribution in [2.75, 3.05) is 13.2 Å². The van der Waals surface area contributed by atoms with E-state index >= 15 is 0 Å². The summed E-state index contributed by atoms with van der Waals surface area (Å²) in [6.45, 7) is 13.1. The van der Waals surface area contributed by atoms with Crippen LogP contribution >= 0.6 is 0 Å². The van der Waals surface area contributed by atoms with Crippen LogP contribution in [0.5, 0.6) is 0 Å². The quantitative estimate of drug-likeness (QED) is 0.167. The third-order valence-corrected chi connectivity index (χ3v) is 4.51. The van der Waals surface area contributed by atoms with Crippen LogP contribution in [0.15, 0.2) is 11.1 Å². The number of esters is 2. The monoisotopic (exact) mass is 396 g/mol. The van der Waals surface area contributed by atoms with Crippen molar-refractivity contribution in [3.8, 4) is 0 Å². The second kappa shape index (κ2) is 16.6. The highest BCUT2D eigenvalue weighted by Crippen LogP contribution is 2.22. The Bertz CT molecular complexity index is 463. The zero-order valence-corrected chi connectivity index (χ0v) is 19.3. The lowest BCUT2D eigenvalue weighted by Crippen LogP contribution is -2.20. The van der Waals surface area contributed by atoms with Crippen molar-refractivity contribution >= 4 is 11.9 Å². The van der Waals surface area contributed by atoms with E-state index in [0.29, 0.717) is 37.2 Å². The molecule has 0 aliphatic rings. The molecule has 0 aromatic carbocycles. The van der Waals surface area contributed by atoms with Crippen molar-refractivity contribution in [2.24, 2.45) is 11.8 Å². The molecule has 0 saturated heterocycles. The first-order valence-electron chi connectivity index (χ1n) is 11.4. The Kier molecular flexibility index (Phi) is 15.8. The second-order valence-electron chi connectivity index (χ2n) is 8.56. The predicted molar refractivity (Wildman–Crippen MR) is 116 cm³/mol. The molecule has 164 valence electrons. The van der Waals surface area contributed by atoms with E-state index in [-0.39, 0.29) is 23.8 Å². The van der Waals surface area contributed by atoms with E-state index in [1.165, 1.54) is 25.7 Å². The summed E-state index contributed by atoms with van der Waals surface area (Å²) in [7, 11) is 0. The minimum Gasteiger partial charge on any atom is -0.462 e. The normalized spacial score (nSPS) is 12.3. The van der Waals surface area contributed by atoms with Gasteiger partial charge in [0.15, 0.2) is 0 Å². The number of carbonyl (C=O) groups excluding carboxylic acids is 2. The summed E-state index contributed by atoms with van der Waals surface area (Å²) in [6.07, 6.45) is 9.85. The van der Waals surface area contributed by atoms with Crippen LogP contribution in [0.4, 0.5) is 0 Å². The third kappa shape index (κ3) is 13.0. The van der Waals surface area contributed by atoms with E-state index < -0.39 is 0 Å². The van der Waals surface area contributed by atoms with Gasteiger partial charge >= 0.3 is 11.9 Å². The molecule has 0 heterocycles. The highest BCUT2D eigenvalue weighted by molar-refractivity contribution is 6.00. The average molecular weight is 397 g/mol. The zero-order chi connectivity index (χ0) is 21.4. The highest BCUT2D eigenvalue weighted by atomic mass is 16.5. The minimum atomic E-state index is -0.343. The van der Waals surface area contributed by atoms with Gasteiger partial charge in [0.25, 0.3) is 0 Å². The smallest absolute Gasteiger partial charge is 0.334 e. The molecule has 4 nitrogen and oxygen atoms in total. The molecule has 0 atom stereocenters. The Morgan fingerprint density at radius 3 is 1.43 bits per heavy atom. The molecule has 0 aliphatic carbocycles. The van der Waals surface area contributed by atoms with Crippen LogP contribution in [0.25, 0.3) is 0 Å². The molecule has 0 aromatic heterocycles. The first kappa shape index (κ1) is 26.7. The van der Waals surface area contributed by atoms with E-state index in [9.17, 15) is 9.59 Å². The Morgan fingerprint density at radius 2 is 1.00 bits per heavy atom. The van der Waals surface area contributed by atoms with Gasteiger partial charge in [-0.1, -0.05) is 80.1 Å². The Hall–Kier alpha value is -1.32. The van der Waals surface area contributed by atoms with Gasteiger partial charge in [0.1, 0.15) is 0 Å². The maximum atomic E-state index is 12.8. The summed E-state index contributed by atoms with van der Waals surface area (Å²) in [5.74, 6) is -0.142. The molecule has 0 bridgehead atoms. The lowest BCUT2D eigenvalue weighted by molar-refractivity contribution is -0.143. The zero-order valence-electron chi connectivity index (χ0n) is 19.3. The number of carbonyl (C=O) groups is 2. The van der Waals surface area contributed by atoms with Crippen LogP contribution in [0, 0.1) is 11.8 Å². The highest BCUT2D eigenvalue weighted by Gasteiger charge is 2.23. The predicted octanol–water partition coefficient (Wildman–Crippen LogP) is 6.62. The summed E-state index contributed by atoms with van der Waals surface area (Å²) < 4.78 is 11.0. The van der Waals surface area contributed by atoms with E-state index in [1.807, 2.05) is 27.7 Å². The fourth-order valence-electron chi connectivity index (χ4n) is 2.85. The molecule has 0 N–H and O–H groups in total. The van der Waals surface area contributed by atoms with Gasteiger partial charge in [-0.15, -0.1) is 0 Å². The van der Waals surface area contributed by atoms with E-state index in [4.69, 9.17) is 9.47 Å². The number of rotatable bonds is 16. The molecular weight excluding hydrogens is 352 g/mol. The fraction of sp³-hybridized carbons (Fsp3) is 0.833. The van der Waals surface area contributed by atoms with Crippen molar-refractivity contribution in [3.63, 3.8) is 0 Å². The van der Waals surface area contributed by atoms with Crippen LogP contribution < -0.4 is 0 Å². The van der Waals surface area contributed by atoms with Gasteiger partial charge in [-0.25, -0.2) is 9.59 Å². The van der Waals surface area contributed by atoms with Crippen molar-refractivity contribution < 1.29 is 19.1 Å². The summed E-state index contributed by atoms with van der Waals surface area (Å²) in [5, 5.41) is 0. The molecule has 28 heavy (non-hydrogen) atoms. The van der Waals surface area contributed by atoms with Crippen LogP contribution in [-0.2, 0) is 19.1 Å². The molecule has 4 heteroatoms. The van der Waals surface area contributed by atoms with Crippen molar-refractivity contribution in [1.29, 1.82) is 0 Å². The summed E-state index contributed by atoms with van der Waals surface area (Å²) >= 11 is 0. The first-order valence-corrected chi connectivity index (χ1v) is 11.4. The van der Waals surface area contributed by atoms with Crippen molar-refractivity contribution in [2.45, 2.75) is 106 Å². The molecule has 0 amide bonds. The Labute approximate surface area is 173 Å². The lowest BCUT2D eigenvalue weighted by atomic mass is 9.97. The summed E-state index contributed by atoms with van der Waals surface area (Å²) in [4.78, 5) is 25.5. The molecule has 0 rings (SSSR count). The number of hydrogen-bond acceptors (Lipinski definition) is 4. The minimum absolute atomic E-state index is 0.270. The largest absolute Gasteiger partial charge is 0.462 e. The van der Waals surface area contributed by atoms with Gasteiger partial charge in [-0.3, -0.25) is 0 Å². The van der Waals surface area contributed by atoms with Crippen LogP contribution in [-0.4, -0.2) is 25.2 Å². The maximum Gasteiger partial charge on any atom is 0.334 e. The van der Waals surface area contributed by atoms with Gasteiger partial charge in [0, 0.05) is 11.1 Å². The van der Waals surface area contributed by atoms with Gasteiger partial charge in [0.05, 0.1) is 13.2 Å². The molecule has 0 spiro atoms. The third-order valence-electron chi connectivity index (χ3n) is 4.51. The van der Waals surface area contributed by atoms with Crippen molar-refractivity contribution in [1.82, 2.24) is 0 Å². The lowest BCUT2D eigenvalue weighted by Gasteiger charge is -2.16. The molecule has 0 aliphatic heterocycles. The molecule has 0 radical (unpaired) electrons. The van der Waals surface area contributed by atoms with E-state index in [0.717, 1.165) is 25.7 Å². The number of hydrogen-bond donors (Lipinski definition) is 0. The second-order valence-corrected chi connectivity index (χ2v) is 8.56. The topological polar surface area (TPSA) is 52.6 Å².